The molecule has 2 aromatic rings. The Morgan fingerprint density at radius 3 is 2.51 bits per heavy atom. The number of aliphatic hydroxyl groups is 1. The van der Waals surface area contributed by atoms with Gasteiger partial charge in [-0.05, 0) is 67.9 Å². The average molecular weight is 633 g/mol. The van der Waals surface area contributed by atoms with Crippen LogP contribution in [0.2, 0.25) is 0 Å². The van der Waals surface area contributed by atoms with Gasteiger partial charge in [-0.25, -0.2) is 0 Å². The second-order valence-electron chi connectivity index (χ2n) is 12.2. The molecule has 3 fully saturated rings. The van der Waals surface area contributed by atoms with Crippen molar-refractivity contribution in [1.82, 2.24) is 4.90 Å². The maximum Gasteiger partial charge on any atom is 0.310 e. The molecule has 7 atom stereocenters. The molecule has 2 amide bonds. The normalized spacial score (nSPS) is 27.1. The van der Waals surface area contributed by atoms with E-state index in [4.69, 9.17) is 9.47 Å². The molecule has 1 spiro atoms. The molecule has 9 heteroatoms. The minimum atomic E-state index is -0.895. The third-order valence-electron chi connectivity index (χ3n) is 9.62. The predicted molar refractivity (Wildman–Crippen MR) is 177 cm³/mol. The summed E-state index contributed by atoms with van der Waals surface area (Å²) in [6.07, 6.45) is 7.03. The van der Waals surface area contributed by atoms with Gasteiger partial charge in [-0.2, -0.15) is 0 Å². The summed E-state index contributed by atoms with van der Waals surface area (Å²) in [6, 6.07) is 15.3. The molecule has 3 unspecified atom stereocenters. The fraction of sp³-hybridized carbons (Fsp3) is 0.472. The van der Waals surface area contributed by atoms with Crippen molar-refractivity contribution in [3.05, 3.63) is 85.5 Å². The van der Waals surface area contributed by atoms with E-state index in [1.54, 1.807) is 46.9 Å². The van der Waals surface area contributed by atoms with E-state index in [0.717, 1.165) is 24.8 Å². The predicted octanol–water partition coefficient (Wildman–Crippen LogP) is 5.05. The van der Waals surface area contributed by atoms with Gasteiger partial charge in [0.05, 0.1) is 42.9 Å². The Balaban J connectivity index is 1.55. The Morgan fingerprint density at radius 1 is 1.13 bits per heavy atom. The molecule has 2 bridgehead atoms. The molecular formula is C36H44N2O6S. The Kier molecular flexibility index (Phi) is 10.4. The zero-order chi connectivity index (χ0) is 32.1. The molecule has 0 saturated carbocycles. The lowest BCUT2D eigenvalue weighted by Crippen LogP contribution is -2.59. The number of anilines is 1. The number of methoxy groups -OCH3 is 1. The van der Waals surface area contributed by atoms with E-state index in [-0.39, 0.29) is 48.7 Å². The maximum atomic E-state index is 15.0. The Bertz CT molecular complexity index is 1380. The van der Waals surface area contributed by atoms with Gasteiger partial charge in [0.2, 0.25) is 5.91 Å². The van der Waals surface area contributed by atoms with Crippen LogP contribution < -0.4 is 9.64 Å². The zero-order valence-corrected chi connectivity index (χ0v) is 27.0. The molecule has 2 aromatic carbocycles. The number of ether oxygens (including phenoxy) is 2. The van der Waals surface area contributed by atoms with Crippen LogP contribution in [0.3, 0.4) is 0 Å². The van der Waals surface area contributed by atoms with Gasteiger partial charge in [-0.1, -0.05) is 49.4 Å². The average Bonchev–Trinajstić information content (AvgIpc) is 3.66. The molecule has 3 aliphatic heterocycles. The Labute approximate surface area is 270 Å². The minimum Gasteiger partial charge on any atom is -0.497 e. The summed E-state index contributed by atoms with van der Waals surface area (Å²) in [5.74, 6) is -1.61. The lowest BCUT2D eigenvalue weighted by atomic mass is 9.66. The Hall–Kier alpha value is -3.56. The first-order valence-corrected chi connectivity index (χ1v) is 16.7. The minimum absolute atomic E-state index is 0.0189. The number of nitrogens with zero attached hydrogens (tertiary/aromatic N) is 2. The first-order valence-electron chi connectivity index (χ1n) is 15.8. The van der Waals surface area contributed by atoms with Gasteiger partial charge in [0.25, 0.3) is 5.91 Å². The molecule has 0 aromatic heterocycles. The smallest absolute Gasteiger partial charge is 0.310 e. The second-order valence-corrected chi connectivity index (χ2v) is 13.8. The van der Waals surface area contributed by atoms with Crippen molar-refractivity contribution in [2.24, 2.45) is 17.8 Å². The summed E-state index contributed by atoms with van der Waals surface area (Å²) in [4.78, 5) is 46.7. The van der Waals surface area contributed by atoms with Crippen molar-refractivity contribution in [1.29, 1.82) is 0 Å². The SMILES string of the molecule is C=CCCCCOC(=O)[C@@H]1[C@@H]2CC(C)C3(S2)C(C(=O)N(CC=C)c2ccc(OC)cc2)N([C@@H](CO)Cc2ccccc2)C(=O)[C@H]13. The van der Waals surface area contributed by atoms with Crippen LogP contribution in [-0.4, -0.2) is 76.7 Å². The summed E-state index contributed by atoms with van der Waals surface area (Å²) in [5.41, 5.74) is 1.60. The maximum absolute atomic E-state index is 15.0. The molecule has 3 aliphatic rings. The van der Waals surface area contributed by atoms with Crippen LogP contribution in [0, 0.1) is 17.8 Å². The molecule has 1 N–H and O–H groups in total. The molecule has 3 heterocycles. The third-order valence-corrected chi connectivity index (χ3v) is 11.7. The number of esters is 1. The highest BCUT2D eigenvalue weighted by atomic mass is 32.2. The van der Waals surface area contributed by atoms with Gasteiger partial charge in [0.1, 0.15) is 11.8 Å². The number of thioether (sulfide) groups is 1. The van der Waals surface area contributed by atoms with Gasteiger partial charge < -0.3 is 24.4 Å². The summed E-state index contributed by atoms with van der Waals surface area (Å²) in [5, 5.41) is 10.7. The quantitative estimate of drug-likeness (QED) is 0.167. The van der Waals surface area contributed by atoms with Gasteiger partial charge >= 0.3 is 5.97 Å². The van der Waals surface area contributed by atoms with Crippen LogP contribution in [0.1, 0.15) is 38.2 Å². The number of amides is 2. The van der Waals surface area contributed by atoms with E-state index < -0.39 is 28.7 Å². The van der Waals surface area contributed by atoms with E-state index >= 15 is 0 Å². The van der Waals surface area contributed by atoms with Gasteiger partial charge in [-0.15, -0.1) is 24.9 Å². The van der Waals surface area contributed by atoms with Crippen LogP contribution in [-0.2, 0) is 25.5 Å². The van der Waals surface area contributed by atoms with Crippen molar-refractivity contribution in [3.63, 3.8) is 0 Å². The number of benzene rings is 2. The van der Waals surface area contributed by atoms with Crippen molar-refractivity contribution in [2.45, 2.75) is 61.1 Å². The number of aliphatic hydroxyl groups excluding tert-OH is 1. The largest absolute Gasteiger partial charge is 0.497 e. The van der Waals surface area contributed by atoms with Gasteiger partial charge in [0.15, 0.2) is 0 Å². The van der Waals surface area contributed by atoms with Crippen LogP contribution in [0.25, 0.3) is 0 Å². The first-order chi connectivity index (χ1) is 21.8. The number of likely N-dealkylation sites (tertiary alicyclic amines) is 1. The van der Waals surface area contributed by atoms with Crippen LogP contribution in [0.5, 0.6) is 5.75 Å². The standard InChI is InChI=1S/C36H44N2O6S/c1-5-7-8-12-20-44-35(42)30-29-21-24(3)36(45-29)31(30)33(40)38(27(23-39)22-25-13-10-9-11-14-25)32(36)34(41)37(19-6-2)26-15-17-28(43-4)18-16-26/h5-6,9-11,13-18,24,27,29-32,39H,1-2,7-8,12,19-23H2,3-4H3/t24?,27-,29+,30-,31+,32?,36?/m1/s1. The highest BCUT2D eigenvalue weighted by Gasteiger charge is 2.77. The lowest BCUT2D eigenvalue weighted by Gasteiger charge is -2.42. The Morgan fingerprint density at radius 2 is 1.87 bits per heavy atom. The van der Waals surface area contributed by atoms with Crippen molar-refractivity contribution >= 4 is 35.2 Å². The van der Waals surface area contributed by atoms with E-state index in [1.807, 2.05) is 48.5 Å². The summed E-state index contributed by atoms with van der Waals surface area (Å²) in [6.45, 7) is 9.94. The van der Waals surface area contributed by atoms with Gasteiger partial charge in [-0.3, -0.25) is 14.4 Å². The van der Waals surface area contributed by atoms with E-state index in [2.05, 4.69) is 20.1 Å². The fourth-order valence-corrected chi connectivity index (χ4v) is 9.95. The summed E-state index contributed by atoms with van der Waals surface area (Å²) < 4.78 is 10.3. The van der Waals surface area contributed by atoms with Crippen molar-refractivity contribution in [3.8, 4) is 5.75 Å². The second kappa shape index (κ2) is 14.3. The van der Waals surface area contributed by atoms with Crippen LogP contribution in [0.4, 0.5) is 5.69 Å². The molecule has 3 saturated heterocycles. The molecule has 0 radical (unpaired) electrons. The molecule has 8 nitrogen and oxygen atoms in total. The van der Waals surface area contributed by atoms with Crippen LogP contribution in [0.15, 0.2) is 79.9 Å². The highest BCUT2D eigenvalue weighted by Crippen LogP contribution is 2.69. The molecule has 45 heavy (non-hydrogen) atoms. The molecular weight excluding hydrogens is 588 g/mol. The highest BCUT2D eigenvalue weighted by molar-refractivity contribution is 8.02. The van der Waals surface area contributed by atoms with Crippen LogP contribution >= 0.6 is 11.8 Å². The molecule has 5 rings (SSSR count). The number of unbranched alkanes of at least 4 members (excludes halogenated alkanes) is 2. The van der Waals surface area contributed by atoms with E-state index in [1.165, 1.54) is 0 Å². The van der Waals surface area contributed by atoms with Crippen molar-refractivity contribution < 1.29 is 29.0 Å². The number of carbonyl (C=O) groups excluding carboxylic acids is 3. The topological polar surface area (TPSA) is 96.4 Å². The van der Waals surface area contributed by atoms with E-state index in [9.17, 15) is 19.5 Å². The van der Waals surface area contributed by atoms with Gasteiger partial charge in [0, 0.05) is 17.5 Å². The summed E-state index contributed by atoms with van der Waals surface area (Å²) >= 11 is 1.60. The lowest BCUT2D eigenvalue weighted by molar-refractivity contribution is -0.155. The zero-order valence-electron chi connectivity index (χ0n) is 26.2. The number of carbonyl (C=O) groups is 3. The summed E-state index contributed by atoms with van der Waals surface area (Å²) in [7, 11) is 1.59. The number of hydrogen-bond acceptors (Lipinski definition) is 7. The van der Waals surface area contributed by atoms with Crippen molar-refractivity contribution in [2.75, 3.05) is 31.8 Å². The monoisotopic (exact) mass is 632 g/mol. The first kappa shape index (κ1) is 32.8. The molecule has 0 aliphatic carbocycles. The molecule has 240 valence electrons. The number of rotatable bonds is 15. The van der Waals surface area contributed by atoms with E-state index in [0.29, 0.717) is 24.3 Å². The number of allylic oxidation sites excluding steroid dienone is 1. The fourth-order valence-electron chi connectivity index (χ4n) is 7.56. The third kappa shape index (κ3) is 6.04. The number of fused-ring (bicyclic) bond motifs is 1. The number of hydrogen-bond donors (Lipinski definition) is 1.